The largest absolute Gasteiger partial charge is 0.377 e. The van der Waals surface area contributed by atoms with Crippen molar-refractivity contribution in [2.75, 3.05) is 0 Å². The maximum absolute atomic E-state index is 12.9. The fourth-order valence-electron chi connectivity index (χ4n) is 1.69. The Morgan fingerprint density at radius 2 is 1.88 bits per heavy atom. The van der Waals surface area contributed by atoms with Gasteiger partial charge in [-0.15, -0.1) is 0 Å². The third kappa shape index (κ3) is 2.10. The average molecular weight is 229 g/mol. The molecule has 1 atom stereocenters. The number of aliphatic hydroxyl groups is 1. The first-order chi connectivity index (χ1) is 8.16. The lowest BCUT2D eigenvalue weighted by Crippen LogP contribution is -2.24. The van der Waals surface area contributed by atoms with E-state index >= 15 is 0 Å². The van der Waals surface area contributed by atoms with Crippen LogP contribution < -0.4 is 0 Å². The minimum atomic E-state index is -1.35. The van der Waals surface area contributed by atoms with Gasteiger partial charge in [0.05, 0.1) is 0 Å². The summed E-state index contributed by atoms with van der Waals surface area (Å²) < 4.78 is 12.9. The molecule has 0 aliphatic heterocycles. The molecule has 0 unspecified atom stereocenters. The van der Waals surface area contributed by atoms with Crippen LogP contribution in [0.3, 0.4) is 0 Å². The number of benzene rings is 1. The Morgan fingerprint density at radius 1 is 1.18 bits per heavy atom. The highest BCUT2D eigenvalue weighted by Gasteiger charge is 2.27. The SMILES string of the molecule is C=C[C@@](O)(c1ccc(F)cc1)c1cccnc1. The zero-order chi connectivity index (χ0) is 12.3. The minimum Gasteiger partial charge on any atom is -0.377 e. The number of hydrogen-bond acceptors (Lipinski definition) is 2. The van der Waals surface area contributed by atoms with E-state index in [2.05, 4.69) is 11.6 Å². The van der Waals surface area contributed by atoms with Gasteiger partial charge in [0.25, 0.3) is 0 Å². The van der Waals surface area contributed by atoms with Gasteiger partial charge in [-0.25, -0.2) is 4.39 Å². The van der Waals surface area contributed by atoms with Crippen LogP contribution in [0.5, 0.6) is 0 Å². The van der Waals surface area contributed by atoms with Crippen molar-refractivity contribution in [2.45, 2.75) is 5.60 Å². The molecule has 0 fully saturated rings. The van der Waals surface area contributed by atoms with E-state index in [-0.39, 0.29) is 5.82 Å². The molecule has 0 saturated carbocycles. The van der Waals surface area contributed by atoms with Crippen LogP contribution in [0, 0.1) is 5.82 Å². The van der Waals surface area contributed by atoms with E-state index in [9.17, 15) is 9.50 Å². The molecule has 0 saturated heterocycles. The summed E-state index contributed by atoms with van der Waals surface area (Å²) >= 11 is 0. The Morgan fingerprint density at radius 3 is 2.41 bits per heavy atom. The number of halogens is 1. The Bertz CT molecular complexity index is 510. The first-order valence-electron chi connectivity index (χ1n) is 5.19. The Labute approximate surface area is 99.1 Å². The summed E-state index contributed by atoms with van der Waals surface area (Å²) in [5.74, 6) is -0.341. The Hall–Kier alpha value is -2.00. The fraction of sp³-hybridized carbons (Fsp3) is 0.0714. The average Bonchev–Trinajstić information content (AvgIpc) is 2.40. The van der Waals surface area contributed by atoms with E-state index in [4.69, 9.17) is 0 Å². The van der Waals surface area contributed by atoms with Gasteiger partial charge in [0, 0.05) is 18.0 Å². The van der Waals surface area contributed by atoms with Gasteiger partial charge in [-0.05, 0) is 23.8 Å². The lowest BCUT2D eigenvalue weighted by molar-refractivity contribution is 0.134. The molecule has 3 heteroatoms. The molecule has 0 aliphatic carbocycles. The maximum atomic E-state index is 12.9. The number of hydrogen-bond donors (Lipinski definition) is 1. The molecule has 2 rings (SSSR count). The lowest BCUT2D eigenvalue weighted by Gasteiger charge is -2.25. The number of nitrogens with zero attached hydrogens (tertiary/aromatic N) is 1. The van der Waals surface area contributed by atoms with Crippen LogP contribution in [0.25, 0.3) is 0 Å². The van der Waals surface area contributed by atoms with Crippen LogP contribution in [0.4, 0.5) is 4.39 Å². The third-order valence-corrected chi connectivity index (χ3v) is 2.68. The van der Waals surface area contributed by atoms with Gasteiger partial charge >= 0.3 is 0 Å². The molecule has 1 aromatic heterocycles. The van der Waals surface area contributed by atoms with Crippen molar-refractivity contribution in [3.63, 3.8) is 0 Å². The predicted octanol–water partition coefficient (Wildman–Crippen LogP) is 2.64. The summed E-state index contributed by atoms with van der Waals surface area (Å²) in [6.45, 7) is 3.64. The molecule has 0 bridgehead atoms. The van der Waals surface area contributed by atoms with Crippen molar-refractivity contribution in [1.29, 1.82) is 0 Å². The van der Waals surface area contributed by atoms with Crippen molar-refractivity contribution in [1.82, 2.24) is 4.98 Å². The highest BCUT2D eigenvalue weighted by molar-refractivity contribution is 5.38. The first kappa shape index (κ1) is 11.5. The maximum Gasteiger partial charge on any atom is 0.134 e. The van der Waals surface area contributed by atoms with E-state index < -0.39 is 5.60 Å². The fourth-order valence-corrected chi connectivity index (χ4v) is 1.69. The molecular formula is C14H12FNO. The van der Waals surface area contributed by atoms with Crippen LogP contribution in [0.2, 0.25) is 0 Å². The first-order valence-corrected chi connectivity index (χ1v) is 5.19. The molecule has 2 nitrogen and oxygen atoms in total. The second kappa shape index (κ2) is 4.47. The van der Waals surface area contributed by atoms with E-state index in [0.29, 0.717) is 11.1 Å². The summed E-state index contributed by atoms with van der Waals surface area (Å²) in [7, 11) is 0. The summed E-state index contributed by atoms with van der Waals surface area (Å²) in [6, 6.07) is 9.15. The monoisotopic (exact) mass is 229 g/mol. The molecule has 17 heavy (non-hydrogen) atoms. The van der Waals surface area contributed by atoms with Crippen LogP contribution in [0.15, 0.2) is 61.4 Å². The van der Waals surface area contributed by atoms with Gasteiger partial charge in [-0.1, -0.05) is 30.9 Å². The number of aromatic nitrogens is 1. The molecule has 86 valence electrons. The molecule has 0 spiro atoms. The Balaban J connectivity index is 2.51. The van der Waals surface area contributed by atoms with Crippen molar-refractivity contribution >= 4 is 0 Å². The normalized spacial score (nSPS) is 14.0. The second-order valence-electron chi connectivity index (χ2n) is 3.72. The molecule has 2 aromatic rings. The van der Waals surface area contributed by atoms with Crippen LogP contribution in [0.1, 0.15) is 11.1 Å². The molecule has 1 aromatic carbocycles. The molecular weight excluding hydrogens is 217 g/mol. The van der Waals surface area contributed by atoms with Crippen molar-refractivity contribution < 1.29 is 9.50 Å². The Kier molecular flexibility index (Phi) is 3.02. The molecule has 1 heterocycles. The zero-order valence-electron chi connectivity index (χ0n) is 9.18. The van der Waals surface area contributed by atoms with Gasteiger partial charge < -0.3 is 5.11 Å². The summed E-state index contributed by atoms with van der Waals surface area (Å²) in [4.78, 5) is 3.96. The minimum absolute atomic E-state index is 0.341. The lowest BCUT2D eigenvalue weighted by atomic mass is 9.87. The van der Waals surface area contributed by atoms with Gasteiger partial charge in [-0.2, -0.15) is 0 Å². The van der Waals surface area contributed by atoms with Crippen molar-refractivity contribution in [3.8, 4) is 0 Å². The molecule has 0 aliphatic rings. The number of rotatable bonds is 3. The molecule has 0 radical (unpaired) electrons. The van der Waals surface area contributed by atoms with Gasteiger partial charge in [0.15, 0.2) is 0 Å². The highest BCUT2D eigenvalue weighted by atomic mass is 19.1. The van der Waals surface area contributed by atoms with Crippen LogP contribution >= 0.6 is 0 Å². The van der Waals surface area contributed by atoms with Gasteiger partial charge in [0.1, 0.15) is 11.4 Å². The molecule has 0 amide bonds. The van der Waals surface area contributed by atoms with E-state index in [1.165, 1.54) is 30.3 Å². The summed E-state index contributed by atoms with van der Waals surface area (Å²) in [5.41, 5.74) is -0.189. The second-order valence-corrected chi connectivity index (χ2v) is 3.72. The third-order valence-electron chi connectivity index (χ3n) is 2.68. The standard InChI is InChI=1S/C14H12FNO/c1-2-14(17,12-4-3-9-16-10-12)11-5-7-13(15)8-6-11/h2-10,17H,1H2/t14-/m1/s1. The number of pyridine rings is 1. The van der Waals surface area contributed by atoms with Crippen molar-refractivity contribution in [2.24, 2.45) is 0 Å². The van der Waals surface area contributed by atoms with E-state index in [0.717, 1.165) is 0 Å². The van der Waals surface area contributed by atoms with E-state index in [1.807, 2.05) is 0 Å². The van der Waals surface area contributed by atoms with Gasteiger partial charge in [0.2, 0.25) is 0 Å². The summed E-state index contributed by atoms with van der Waals surface area (Å²) in [6.07, 6.45) is 4.60. The summed E-state index contributed by atoms with van der Waals surface area (Å²) in [5, 5.41) is 10.6. The smallest absolute Gasteiger partial charge is 0.134 e. The topological polar surface area (TPSA) is 33.1 Å². The van der Waals surface area contributed by atoms with E-state index in [1.54, 1.807) is 24.5 Å². The highest BCUT2D eigenvalue weighted by Crippen LogP contribution is 2.30. The van der Waals surface area contributed by atoms with Crippen LogP contribution in [-0.4, -0.2) is 10.1 Å². The van der Waals surface area contributed by atoms with Gasteiger partial charge in [-0.3, -0.25) is 4.98 Å². The predicted molar refractivity (Wildman–Crippen MR) is 63.8 cm³/mol. The van der Waals surface area contributed by atoms with Crippen molar-refractivity contribution in [3.05, 3.63) is 78.4 Å². The molecule has 1 N–H and O–H groups in total. The quantitative estimate of drug-likeness (QED) is 0.821. The zero-order valence-corrected chi connectivity index (χ0v) is 9.18. The van der Waals surface area contributed by atoms with Crippen LogP contribution in [-0.2, 0) is 5.60 Å².